The van der Waals surface area contributed by atoms with Crippen LogP contribution in [0.4, 0.5) is 0 Å². The number of rotatable bonds is 6. The third-order valence-electron chi connectivity index (χ3n) is 3.31. The van der Waals surface area contributed by atoms with E-state index in [1.807, 2.05) is 11.8 Å². The molecular formula is C14H20N2O3S2. The Bertz CT molecular complexity index is 504. The van der Waals surface area contributed by atoms with Gasteiger partial charge >= 0.3 is 5.97 Å². The molecule has 1 aromatic rings. The number of ether oxygens (including phenoxy) is 1. The fourth-order valence-electron chi connectivity index (χ4n) is 2.38. The van der Waals surface area contributed by atoms with Gasteiger partial charge in [-0.15, -0.1) is 11.3 Å². The first-order chi connectivity index (χ1) is 10.1. The zero-order chi connectivity index (χ0) is 15.2. The van der Waals surface area contributed by atoms with Gasteiger partial charge in [0.25, 0.3) is 5.91 Å². The van der Waals surface area contributed by atoms with Crippen molar-refractivity contribution < 1.29 is 14.3 Å². The monoisotopic (exact) mass is 328 g/mol. The molecule has 1 aromatic heterocycles. The van der Waals surface area contributed by atoms with Crippen LogP contribution in [0.2, 0.25) is 0 Å². The Morgan fingerprint density at radius 3 is 3.00 bits per heavy atom. The van der Waals surface area contributed by atoms with Gasteiger partial charge in [0.2, 0.25) is 5.01 Å². The normalized spacial score (nSPS) is 21.2. The Morgan fingerprint density at radius 2 is 2.29 bits per heavy atom. The third-order valence-corrected chi connectivity index (χ3v) is 5.36. The molecule has 0 aromatic carbocycles. The van der Waals surface area contributed by atoms with E-state index in [2.05, 4.69) is 17.2 Å². The van der Waals surface area contributed by atoms with Crippen molar-refractivity contribution in [3.8, 4) is 0 Å². The Balaban J connectivity index is 1.88. The van der Waals surface area contributed by atoms with Crippen molar-refractivity contribution in [3.63, 3.8) is 0 Å². The quantitative estimate of drug-likeness (QED) is 0.813. The second-order valence-corrected chi connectivity index (χ2v) is 7.25. The van der Waals surface area contributed by atoms with E-state index in [0.717, 1.165) is 36.4 Å². The van der Waals surface area contributed by atoms with Gasteiger partial charge in [0.05, 0.1) is 6.61 Å². The van der Waals surface area contributed by atoms with Crippen molar-refractivity contribution in [2.45, 2.75) is 44.4 Å². The molecule has 2 unspecified atom stereocenters. The summed E-state index contributed by atoms with van der Waals surface area (Å²) in [6.45, 7) is 4.20. The summed E-state index contributed by atoms with van der Waals surface area (Å²) in [5.74, 6) is 0.441. The molecule has 1 amide bonds. The standard InChI is InChI=1S/C14H20N2O3S2/c1-3-19-14(18)13-16-11(8-21-13)12(17)15-9-5-6-10(7-9)20-4-2/h8-10H,3-7H2,1-2H3,(H,15,17). The molecule has 2 rings (SSSR count). The van der Waals surface area contributed by atoms with E-state index < -0.39 is 5.97 Å². The topological polar surface area (TPSA) is 68.3 Å². The van der Waals surface area contributed by atoms with Gasteiger partial charge in [-0.3, -0.25) is 4.79 Å². The van der Waals surface area contributed by atoms with Crippen LogP contribution in [-0.4, -0.2) is 40.5 Å². The highest BCUT2D eigenvalue weighted by Crippen LogP contribution is 2.29. The molecule has 1 fully saturated rings. The highest BCUT2D eigenvalue weighted by atomic mass is 32.2. The number of carbonyl (C=O) groups is 2. The van der Waals surface area contributed by atoms with Crippen molar-refractivity contribution in [2.24, 2.45) is 0 Å². The van der Waals surface area contributed by atoms with Gasteiger partial charge in [0, 0.05) is 16.7 Å². The number of thioether (sulfide) groups is 1. The second-order valence-electron chi connectivity index (χ2n) is 4.82. The molecule has 1 aliphatic carbocycles. The Labute approximate surface area is 132 Å². The lowest BCUT2D eigenvalue weighted by Crippen LogP contribution is -2.33. The predicted molar refractivity (Wildman–Crippen MR) is 85.1 cm³/mol. The predicted octanol–water partition coefficient (Wildman–Crippen LogP) is 2.72. The summed E-state index contributed by atoms with van der Waals surface area (Å²) in [5.41, 5.74) is 0.301. The van der Waals surface area contributed by atoms with E-state index >= 15 is 0 Å². The summed E-state index contributed by atoms with van der Waals surface area (Å²) < 4.78 is 4.87. The van der Waals surface area contributed by atoms with Crippen LogP contribution in [0.15, 0.2) is 5.38 Å². The Kier molecular flexibility index (Phi) is 6.05. The summed E-state index contributed by atoms with van der Waals surface area (Å²) in [4.78, 5) is 27.7. The lowest BCUT2D eigenvalue weighted by Gasteiger charge is -2.11. The smallest absolute Gasteiger partial charge is 0.367 e. The summed E-state index contributed by atoms with van der Waals surface area (Å²) in [6, 6.07) is 0.217. The Hall–Kier alpha value is -1.08. The summed E-state index contributed by atoms with van der Waals surface area (Å²) in [5, 5.41) is 5.49. The fraction of sp³-hybridized carbons (Fsp3) is 0.643. The molecule has 1 N–H and O–H groups in total. The van der Waals surface area contributed by atoms with E-state index in [0.29, 0.717) is 17.6 Å². The molecule has 0 bridgehead atoms. The molecule has 116 valence electrons. The number of amides is 1. The van der Waals surface area contributed by atoms with E-state index in [1.165, 1.54) is 0 Å². The maximum absolute atomic E-state index is 12.1. The van der Waals surface area contributed by atoms with Crippen LogP contribution in [0.3, 0.4) is 0 Å². The van der Waals surface area contributed by atoms with Gasteiger partial charge in [0.15, 0.2) is 0 Å². The minimum atomic E-state index is -0.471. The van der Waals surface area contributed by atoms with Gasteiger partial charge in [-0.05, 0) is 31.9 Å². The van der Waals surface area contributed by atoms with Crippen molar-refractivity contribution in [1.29, 1.82) is 0 Å². The maximum atomic E-state index is 12.1. The van der Waals surface area contributed by atoms with Crippen LogP contribution in [0.1, 0.15) is 53.4 Å². The second kappa shape index (κ2) is 7.79. The third kappa shape index (κ3) is 4.44. The number of carbonyl (C=O) groups excluding carboxylic acids is 2. The molecule has 1 aliphatic rings. The van der Waals surface area contributed by atoms with Crippen LogP contribution < -0.4 is 5.32 Å². The van der Waals surface area contributed by atoms with Gasteiger partial charge in [0.1, 0.15) is 5.69 Å². The number of hydrogen-bond acceptors (Lipinski definition) is 6. The van der Waals surface area contributed by atoms with Crippen molar-refractivity contribution >= 4 is 35.0 Å². The number of aromatic nitrogens is 1. The number of nitrogens with one attached hydrogen (secondary N) is 1. The Morgan fingerprint density at radius 1 is 1.48 bits per heavy atom. The molecule has 0 saturated heterocycles. The van der Waals surface area contributed by atoms with E-state index in [-0.39, 0.29) is 17.0 Å². The van der Waals surface area contributed by atoms with Gasteiger partial charge in [-0.2, -0.15) is 11.8 Å². The fourth-order valence-corrected chi connectivity index (χ4v) is 4.21. The number of esters is 1. The van der Waals surface area contributed by atoms with E-state index in [4.69, 9.17) is 4.74 Å². The molecule has 1 saturated carbocycles. The first kappa shape index (κ1) is 16.3. The zero-order valence-electron chi connectivity index (χ0n) is 12.3. The highest BCUT2D eigenvalue weighted by molar-refractivity contribution is 7.99. The molecule has 7 heteroatoms. The maximum Gasteiger partial charge on any atom is 0.367 e. The first-order valence-electron chi connectivity index (χ1n) is 7.19. The molecule has 0 radical (unpaired) electrons. The molecule has 0 aliphatic heterocycles. The molecule has 1 heterocycles. The number of hydrogen-bond donors (Lipinski definition) is 1. The largest absolute Gasteiger partial charge is 0.461 e. The summed E-state index contributed by atoms with van der Waals surface area (Å²) in [6.07, 6.45) is 3.17. The zero-order valence-corrected chi connectivity index (χ0v) is 13.9. The van der Waals surface area contributed by atoms with Crippen LogP contribution in [-0.2, 0) is 4.74 Å². The summed E-state index contributed by atoms with van der Waals surface area (Å²) >= 11 is 3.09. The van der Waals surface area contributed by atoms with Crippen molar-refractivity contribution in [2.75, 3.05) is 12.4 Å². The lowest BCUT2D eigenvalue weighted by atomic mass is 10.2. The van der Waals surface area contributed by atoms with Crippen LogP contribution in [0.25, 0.3) is 0 Å². The van der Waals surface area contributed by atoms with Crippen LogP contribution >= 0.6 is 23.1 Å². The van der Waals surface area contributed by atoms with E-state index in [1.54, 1.807) is 12.3 Å². The minimum Gasteiger partial charge on any atom is -0.461 e. The van der Waals surface area contributed by atoms with Crippen molar-refractivity contribution in [1.82, 2.24) is 10.3 Å². The summed E-state index contributed by atoms with van der Waals surface area (Å²) in [7, 11) is 0. The van der Waals surface area contributed by atoms with E-state index in [9.17, 15) is 9.59 Å². The van der Waals surface area contributed by atoms with Gasteiger partial charge in [-0.1, -0.05) is 6.92 Å². The number of nitrogens with zero attached hydrogens (tertiary/aromatic N) is 1. The molecule has 2 atom stereocenters. The SMILES string of the molecule is CCOC(=O)c1nc(C(=O)NC2CCC(SCC)C2)cs1. The van der Waals surface area contributed by atoms with Crippen LogP contribution in [0.5, 0.6) is 0 Å². The molecule has 21 heavy (non-hydrogen) atoms. The molecule has 5 nitrogen and oxygen atoms in total. The average molecular weight is 328 g/mol. The van der Waals surface area contributed by atoms with Gasteiger partial charge < -0.3 is 10.1 Å². The molecule has 0 spiro atoms. The lowest BCUT2D eigenvalue weighted by molar-refractivity contribution is 0.0526. The van der Waals surface area contributed by atoms with Crippen LogP contribution in [0, 0.1) is 0 Å². The average Bonchev–Trinajstić information content (AvgIpc) is 3.09. The van der Waals surface area contributed by atoms with Crippen molar-refractivity contribution in [3.05, 3.63) is 16.1 Å². The highest BCUT2D eigenvalue weighted by Gasteiger charge is 2.27. The minimum absolute atomic E-state index is 0.200. The van der Waals surface area contributed by atoms with Gasteiger partial charge in [-0.25, -0.2) is 9.78 Å². The number of thiazole rings is 1. The first-order valence-corrected chi connectivity index (χ1v) is 9.12. The molecular weight excluding hydrogens is 308 g/mol.